The number of aliphatic carboxylic acids is 1. The Bertz CT molecular complexity index is 422. The van der Waals surface area contributed by atoms with E-state index >= 15 is 0 Å². The minimum absolute atomic E-state index is 0.395. The van der Waals surface area contributed by atoms with Crippen LogP contribution in [0.25, 0.3) is 0 Å². The van der Waals surface area contributed by atoms with Crippen LogP contribution in [0.5, 0.6) is 0 Å². The van der Waals surface area contributed by atoms with Crippen LogP contribution in [0, 0.1) is 0 Å². The third-order valence-corrected chi connectivity index (χ3v) is 3.85. The number of carbonyl (C=O) groups is 2. The van der Waals surface area contributed by atoms with Gasteiger partial charge in [0, 0.05) is 0 Å². The highest BCUT2D eigenvalue weighted by atomic mass is 16.4. The molecule has 0 aliphatic heterocycles. The molecular weight excluding hydrogens is 230 g/mol. The van der Waals surface area contributed by atoms with Gasteiger partial charge >= 0.3 is 5.97 Å². The van der Waals surface area contributed by atoms with E-state index in [2.05, 4.69) is 17.4 Å². The van der Waals surface area contributed by atoms with Crippen LogP contribution >= 0.6 is 0 Å². The maximum absolute atomic E-state index is 11.3. The van der Waals surface area contributed by atoms with Gasteiger partial charge in [0.05, 0.1) is 0 Å². The van der Waals surface area contributed by atoms with E-state index in [0.29, 0.717) is 25.2 Å². The van der Waals surface area contributed by atoms with Crippen molar-refractivity contribution in [1.29, 1.82) is 0 Å². The molecule has 0 spiro atoms. The van der Waals surface area contributed by atoms with Crippen molar-refractivity contribution in [3.8, 4) is 0 Å². The zero-order chi connectivity index (χ0) is 13.0. The van der Waals surface area contributed by atoms with Gasteiger partial charge in [-0.15, -0.1) is 0 Å². The van der Waals surface area contributed by atoms with Crippen molar-refractivity contribution >= 4 is 12.4 Å². The summed E-state index contributed by atoms with van der Waals surface area (Å²) in [5, 5.41) is 11.7. The molecule has 1 saturated carbocycles. The van der Waals surface area contributed by atoms with Gasteiger partial charge in [0.25, 0.3) is 0 Å². The van der Waals surface area contributed by atoms with Crippen molar-refractivity contribution in [2.45, 2.75) is 37.1 Å². The van der Waals surface area contributed by atoms with Crippen LogP contribution in [-0.4, -0.2) is 23.0 Å². The predicted octanol–water partition coefficient (Wildman–Crippen LogP) is 1.91. The van der Waals surface area contributed by atoms with Gasteiger partial charge in [0.15, 0.2) is 0 Å². The van der Waals surface area contributed by atoms with Gasteiger partial charge in [0.1, 0.15) is 5.54 Å². The van der Waals surface area contributed by atoms with Crippen molar-refractivity contribution in [3.63, 3.8) is 0 Å². The number of nitrogens with one attached hydrogen (secondary N) is 1. The molecule has 96 valence electrons. The summed E-state index contributed by atoms with van der Waals surface area (Å²) < 4.78 is 0. The first-order valence-electron chi connectivity index (χ1n) is 6.18. The first-order valence-corrected chi connectivity index (χ1v) is 6.18. The number of amides is 1. The van der Waals surface area contributed by atoms with Crippen LogP contribution in [0.15, 0.2) is 30.3 Å². The Morgan fingerprint density at radius 2 is 1.89 bits per heavy atom. The minimum atomic E-state index is -1.06. The third kappa shape index (κ3) is 2.37. The zero-order valence-electron chi connectivity index (χ0n) is 10.1. The van der Waals surface area contributed by atoms with E-state index in [9.17, 15) is 14.7 Å². The molecule has 2 rings (SSSR count). The Kier molecular flexibility index (Phi) is 3.65. The lowest BCUT2D eigenvalue weighted by atomic mass is 9.74. The molecule has 0 radical (unpaired) electrons. The van der Waals surface area contributed by atoms with E-state index in [1.54, 1.807) is 0 Å². The first kappa shape index (κ1) is 12.6. The van der Waals surface area contributed by atoms with Crippen LogP contribution < -0.4 is 5.32 Å². The van der Waals surface area contributed by atoms with E-state index in [1.165, 1.54) is 5.56 Å². The van der Waals surface area contributed by atoms with Gasteiger partial charge in [-0.3, -0.25) is 4.79 Å². The predicted molar refractivity (Wildman–Crippen MR) is 67.2 cm³/mol. The van der Waals surface area contributed by atoms with Gasteiger partial charge in [-0.05, 0) is 37.2 Å². The fraction of sp³-hybridized carbons (Fsp3) is 0.429. The Hall–Kier alpha value is -1.84. The van der Waals surface area contributed by atoms with E-state index in [-0.39, 0.29) is 0 Å². The molecule has 1 fully saturated rings. The van der Waals surface area contributed by atoms with Gasteiger partial charge in [-0.25, -0.2) is 4.79 Å². The molecule has 0 saturated heterocycles. The van der Waals surface area contributed by atoms with Crippen molar-refractivity contribution in [3.05, 3.63) is 35.9 Å². The second-order valence-electron chi connectivity index (χ2n) is 4.83. The number of rotatable bonds is 4. The van der Waals surface area contributed by atoms with Gasteiger partial charge in [-0.1, -0.05) is 30.3 Å². The summed E-state index contributed by atoms with van der Waals surface area (Å²) in [6.07, 6.45) is 3.05. The number of hydrogen-bond acceptors (Lipinski definition) is 2. The Balaban J connectivity index is 2.07. The summed E-state index contributed by atoms with van der Waals surface area (Å²) >= 11 is 0. The number of carboxylic acid groups (broad SMARTS) is 1. The fourth-order valence-corrected chi connectivity index (χ4v) is 2.70. The molecule has 1 aliphatic rings. The SMILES string of the molecule is O=CNC1(C(=O)O)CCC(c2ccccc2)CC1. The topological polar surface area (TPSA) is 66.4 Å². The van der Waals surface area contributed by atoms with Crippen LogP contribution in [0.1, 0.15) is 37.2 Å². The average Bonchev–Trinajstić information content (AvgIpc) is 2.41. The second-order valence-corrected chi connectivity index (χ2v) is 4.83. The molecule has 0 aromatic heterocycles. The molecule has 1 amide bonds. The molecule has 18 heavy (non-hydrogen) atoms. The highest BCUT2D eigenvalue weighted by molar-refractivity contribution is 5.81. The molecular formula is C14H17NO3. The largest absolute Gasteiger partial charge is 0.480 e. The van der Waals surface area contributed by atoms with Gasteiger partial charge < -0.3 is 10.4 Å². The van der Waals surface area contributed by atoms with E-state index < -0.39 is 11.5 Å². The quantitative estimate of drug-likeness (QED) is 0.799. The molecule has 0 unspecified atom stereocenters. The molecule has 1 aliphatic carbocycles. The highest BCUT2D eigenvalue weighted by Crippen LogP contribution is 2.37. The summed E-state index contributed by atoms with van der Waals surface area (Å²) in [6, 6.07) is 10.1. The third-order valence-electron chi connectivity index (χ3n) is 3.85. The van der Waals surface area contributed by atoms with E-state index in [0.717, 1.165) is 12.8 Å². The molecule has 4 heteroatoms. The maximum Gasteiger partial charge on any atom is 0.329 e. The molecule has 0 atom stereocenters. The summed E-state index contributed by atoms with van der Waals surface area (Å²) in [4.78, 5) is 21.8. The zero-order valence-corrected chi connectivity index (χ0v) is 10.1. The standard InChI is InChI=1S/C14H17NO3/c16-10-15-14(13(17)18)8-6-12(7-9-14)11-4-2-1-3-5-11/h1-5,10,12H,6-9H2,(H,15,16)(H,17,18). The Labute approximate surface area is 106 Å². The number of carboxylic acids is 1. The monoisotopic (exact) mass is 247 g/mol. The lowest BCUT2D eigenvalue weighted by molar-refractivity contribution is -0.147. The van der Waals surface area contributed by atoms with Crippen molar-refractivity contribution in [1.82, 2.24) is 5.32 Å². The maximum atomic E-state index is 11.3. The molecule has 1 aromatic carbocycles. The number of carbonyl (C=O) groups excluding carboxylic acids is 1. The summed E-state index contributed by atoms with van der Waals surface area (Å²) in [5.74, 6) is -0.534. The van der Waals surface area contributed by atoms with E-state index in [1.807, 2.05) is 18.2 Å². The summed E-state index contributed by atoms with van der Waals surface area (Å²) in [7, 11) is 0. The van der Waals surface area contributed by atoms with Crippen molar-refractivity contribution in [2.75, 3.05) is 0 Å². The van der Waals surface area contributed by atoms with Gasteiger partial charge in [-0.2, -0.15) is 0 Å². The number of hydrogen-bond donors (Lipinski definition) is 2. The minimum Gasteiger partial charge on any atom is -0.480 e. The lowest BCUT2D eigenvalue weighted by Crippen LogP contribution is -2.53. The molecule has 2 N–H and O–H groups in total. The van der Waals surface area contributed by atoms with Crippen molar-refractivity contribution in [2.24, 2.45) is 0 Å². The van der Waals surface area contributed by atoms with Crippen LogP contribution in [0.2, 0.25) is 0 Å². The normalized spacial score (nSPS) is 27.4. The van der Waals surface area contributed by atoms with Gasteiger partial charge in [0.2, 0.25) is 6.41 Å². The second kappa shape index (κ2) is 5.21. The van der Waals surface area contributed by atoms with Crippen LogP contribution in [0.3, 0.4) is 0 Å². The molecule has 4 nitrogen and oxygen atoms in total. The molecule has 0 heterocycles. The van der Waals surface area contributed by atoms with E-state index in [4.69, 9.17) is 0 Å². The Morgan fingerprint density at radius 1 is 1.28 bits per heavy atom. The first-order chi connectivity index (χ1) is 8.68. The summed E-state index contributed by atoms with van der Waals surface area (Å²) in [5.41, 5.74) is 0.190. The molecule has 1 aromatic rings. The Morgan fingerprint density at radius 3 is 2.39 bits per heavy atom. The summed E-state index contributed by atoms with van der Waals surface area (Å²) in [6.45, 7) is 0. The lowest BCUT2D eigenvalue weighted by Gasteiger charge is -2.36. The highest BCUT2D eigenvalue weighted by Gasteiger charge is 2.41. The van der Waals surface area contributed by atoms with Crippen molar-refractivity contribution < 1.29 is 14.7 Å². The average molecular weight is 247 g/mol. The molecule has 0 bridgehead atoms. The van der Waals surface area contributed by atoms with Crippen LogP contribution in [0.4, 0.5) is 0 Å². The smallest absolute Gasteiger partial charge is 0.329 e. The fourth-order valence-electron chi connectivity index (χ4n) is 2.70. The number of benzene rings is 1. The van der Waals surface area contributed by atoms with Crippen LogP contribution in [-0.2, 0) is 9.59 Å².